The van der Waals surface area contributed by atoms with Crippen molar-refractivity contribution in [2.45, 2.75) is 20.0 Å². The summed E-state index contributed by atoms with van der Waals surface area (Å²) in [6, 6.07) is 21.3. The Morgan fingerprint density at radius 1 is 0.867 bits per heavy atom. The minimum atomic E-state index is -0.695. The summed E-state index contributed by atoms with van der Waals surface area (Å²) in [6.45, 7) is 3.66. The van der Waals surface area contributed by atoms with Crippen LogP contribution in [0.5, 0.6) is 11.5 Å². The summed E-state index contributed by atoms with van der Waals surface area (Å²) < 4.78 is 10.9. The third-order valence-corrected chi connectivity index (χ3v) is 4.47. The maximum absolute atomic E-state index is 12.5. The molecular weight excluding hydrogens is 380 g/mol. The van der Waals surface area contributed by atoms with Gasteiger partial charge in [-0.25, -0.2) is 0 Å². The van der Waals surface area contributed by atoms with Crippen LogP contribution in [0.25, 0.3) is 0 Å². The van der Waals surface area contributed by atoms with Gasteiger partial charge in [-0.15, -0.1) is 0 Å². The molecule has 0 aromatic heterocycles. The number of hydrogen-bond acceptors (Lipinski definition) is 4. The zero-order valence-electron chi connectivity index (χ0n) is 17.1. The zero-order chi connectivity index (χ0) is 21.5. The highest BCUT2D eigenvalue weighted by atomic mass is 16.5. The second-order valence-corrected chi connectivity index (χ2v) is 6.79. The van der Waals surface area contributed by atoms with Crippen molar-refractivity contribution in [1.29, 1.82) is 0 Å². The Hall–Kier alpha value is -3.80. The van der Waals surface area contributed by atoms with Crippen molar-refractivity contribution in [3.05, 3.63) is 83.9 Å². The minimum Gasteiger partial charge on any atom is -0.495 e. The van der Waals surface area contributed by atoms with Gasteiger partial charge in [-0.05, 0) is 62.4 Å². The molecule has 0 spiro atoms. The first-order valence-corrected chi connectivity index (χ1v) is 9.55. The quantitative estimate of drug-likeness (QED) is 0.600. The Kier molecular flexibility index (Phi) is 6.70. The number of amides is 2. The van der Waals surface area contributed by atoms with Crippen molar-refractivity contribution in [3.63, 3.8) is 0 Å². The van der Waals surface area contributed by atoms with Crippen molar-refractivity contribution in [1.82, 2.24) is 0 Å². The van der Waals surface area contributed by atoms with Crippen LogP contribution in [0.1, 0.15) is 22.8 Å². The number of benzene rings is 3. The number of ether oxygens (including phenoxy) is 2. The molecule has 3 aromatic rings. The highest BCUT2D eigenvalue weighted by molar-refractivity contribution is 6.05. The lowest BCUT2D eigenvalue weighted by Crippen LogP contribution is -2.30. The molecule has 0 unspecified atom stereocenters. The van der Waals surface area contributed by atoms with Gasteiger partial charge >= 0.3 is 0 Å². The lowest BCUT2D eigenvalue weighted by atomic mass is 10.2. The van der Waals surface area contributed by atoms with Crippen molar-refractivity contribution < 1.29 is 19.1 Å². The maximum Gasteiger partial charge on any atom is 0.265 e. The van der Waals surface area contributed by atoms with Crippen LogP contribution >= 0.6 is 0 Å². The predicted molar refractivity (Wildman–Crippen MR) is 117 cm³/mol. The molecule has 30 heavy (non-hydrogen) atoms. The Morgan fingerprint density at radius 3 is 2.20 bits per heavy atom. The molecule has 0 fully saturated rings. The number of aryl methyl sites for hydroxylation is 1. The van der Waals surface area contributed by atoms with E-state index < -0.39 is 6.10 Å². The van der Waals surface area contributed by atoms with E-state index in [1.54, 1.807) is 50.4 Å². The molecule has 0 saturated heterocycles. The molecule has 0 aliphatic carbocycles. The van der Waals surface area contributed by atoms with Crippen LogP contribution < -0.4 is 20.1 Å². The maximum atomic E-state index is 12.5. The summed E-state index contributed by atoms with van der Waals surface area (Å²) in [5.74, 6) is 0.558. The zero-order valence-corrected chi connectivity index (χ0v) is 17.1. The molecule has 0 aliphatic heterocycles. The van der Waals surface area contributed by atoms with E-state index in [1.807, 2.05) is 43.3 Å². The predicted octanol–water partition coefficient (Wildman–Crippen LogP) is 4.66. The Balaban J connectivity index is 1.58. The van der Waals surface area contributed by atoms with Crippen LogP contribution in [0, 0.1) is 6.92 Å². The summed E-state index contributed by atoms with van der Waals surface area (Å²) >= 11 is 0. The van der Waals surface area contributed by atoms with E-state index in [-0.39, 0.29) is 11.8 Å². The molecule has 0 heterocycles. The lowest BCUT2D eigenvalue weighted by Gasteiger charge is -2.15. The standard InChI is InChI=1S/C24H24N2O4/c1-16-8-12-19(13-9-16)25-23(27)17(2)30-20-14-10-18(11-15-20)24(28)26-21-6-4-5-7-22(21)29-3/h4-15,17H,1-3H3,(H,25,27)(H,26,28)/t17-/m1/s1. The summed E-state index contributed by atoms with van der Waals surface area (Å²) in [5, 5.41) is 5.64. The molecule has 0 bridgehead atoms. The highest BCUT2D eigenvalue weighted by Gasteiger charge is 2.15. The van der Waals surface area contributed by atoms with Gasteiger partial charge in [-0.1, -0.05) is 29.8 Å². The number of para-hydroxylation sites is 2. The number of hydrogen-bond donors (Lipinski definition) is 2. The molecule has 154 valence electrons. The fourth-order valence-corrected chi connectivity index (χ4v) is 2.77. The number of carbonyl (C=O) groups is 2. The SMILES string of the molecule is COc1ccccc1NC(=O)c1ccc(O[C@H](C)C(=O)Nc2ccc(C)cc2)cc1. The molecule has 1 atom stereocenters. The average molecular weight is 404 g/mol. The van der Waals surface area contributed by atoms with Gasteiger partial charge in [-0.3, -0.25) is 9.59 Å². The number of carbonyl (C=O) groups excluding carboxylic acids is 2. The third kappa shape index (κ3) is 5.38. The molecular formula is C24H24N2O4. The van der Waals surface area contributed by atoms with Crippen molar-refractivity contribution in [2.24, 2.45) is 0 Å². The van der Waals surface area contributed by atoms with Crippen LogP contribution in [-0.4, -0.2) is 25.0 Å². The Bertz CT molecular complexity index is 1010. The van der Waals surface area contributed by atoms with Crippen molar-refractivity contribution >= 4 is 23.2 Å². The van der Waals surface area contributed by atoms with Crippen LogP contribution in [0.3, 0.4) is 0 Å². The first-order chi connectivity index (χ1) is 14.5. The molecule has 2 N–H and O–H groups in total. The number of nitrogens with one attached hydrogen (secondary N) is 2. The smallest absolute Gasteiger partial charge is 0.265 e. The lowest BCUT2D eigenvalue weighted by molar-refractivity contribution is -0.122. The second-order valence-electron chi connectivity index (χ2n) is 6.79. The summed E-state index contributed by atoms with van der Waals surface area (Å²) in [7, 11) is 1.55. The fourth-order valence-electron chi connectivity index (χ4n) is 2.77. The average Bonchev–Trinajstić information content (AvgIpc) is 2.76. The van der Waals surface area contributed by atoms with Gasteiger partial charge in [0.2, 0.25) is 0 Å². The summed E-state index contributed by atoms with van der Waals surface area (Å²) in [6.07, 6.45) is -0.695. The van der Waals surface area contributed by atoms with E-state index in [2.05, 4.69) is 10.6 Å². The molecule has 3 rings (SSSR count). The second kappa shape index (κ2) is 9.60. The van der Waals surface area contributed by atoms with Gasteiger partial charge in [-0.2, -0.15) is 0 Å². The van der Waals surface area contributed by atoms with Gasteiger partial charge < -0.3 is 20.1 Å². The van der Waals surface area contributed by atoms with Gasteiger partial charge in [0.05, 0.1) is 12.8 Å². The molecule has 6 heteroatoms. The van der Waals surface area contributed by atoms with Crippen LogP contribution in [-0.2, 0) is 4.79 Å². The normalized spacial score (nSPS) is 11.3. The van der Waals surface area contributed by atoms with Crippen LogP contribution in [0.15, 0.2) is 72.8 Å². The summed E-state index contributed by atoms with van der Waals surface area (Å²) in [5.41, 5.74) is 2.88. The first-order valence-electron chi connectivity index (χ1n) is 9.55. The molecule has 6 nitrogen and oxygen atoms in total. The number of rotatable bonds is 7. The molecule has 0 aliphatic rings. The molecule has 0 radical (unpaired) electrons. The molecule has 2 amide bonds. The van der Waals surface area contributed by atoms with Crippen LogP contribution in [0.4, 0.5) is 11.4 Å². The fraction of sp³-hybridized carbons (Fsp3) is 0.167. The molecule has 0 saturated carbocycles. The Morgan fingerprint density at radius 2 is 1.53 bits per heavy atom. The van der Waals surface area contributed by atoms with Gasteiger partial charge in [0.1, 0.15) is 11.5 Å². The van der Waals surface area contributed by atoms with Gasteiger partial charge in [0.25, 0.3) is 11.8 Å². The largest absolute Gasteiger partial charge is 0.495 e. The van der Waals surface area contributed by atoms with Crippen molar-refractivity contribution in [2.75, 3.05) is 17.7 Å². The first kappa shape index (κ1) is 20.9. The van der Waals surface area contributed by atoms with E-state index in [4.69, 9.17) is 9.47 Å². The van der Waals surface area contributed by atoms with Gasteiger partial charge in [0, 0.05) is 11.3 Å². The molecule has 3 aromatic carbocycles. The van der Waals surface area contributed by atoms with E-state index in [0.29, 0.717) is 28.4 Å². The van der Waals surface area contributed by atoms with Crippen LogP contribution in [0.2, 0.25) is 0 Å². The highest BCUT2D eigenvalue weighted by Crippen LogP contribution is 2.24. The van der Waals surface area contributed by atoms with Gasteiger partial charge in [0.15, 0.2) is 6.10 Å². The monoisotopic (exact) mass is 404 g/mol. The third-order valence-electron chi connectivity index (χ3n) is 4.47. The Labute approximate surface area is 175 Å². The van der Waals surface area contributed by atoms with Crippen molar-refractivity contribution in [3.8, 4) is 11.5 Å². The van der Waals surface area contributed by atoms with E-state index in [0.717, 1.165) is 5.56 Å². The topological polar surface area (TPSA) is 76.7 Å². The van der Waals surface area contributed by atoms with E-state index in [9.17, 15) is 9.59 Å². The summed E-state index contributed by atoms with van der Waals surface area (Å²) in [4.78, 5) is 24.8. The number of anilines is 2. The van der Waals surface area contributed by atoms with E-state index in [1.165, 1.54) is 0 Å². The number of methoxy groups -OCH3 is 1. The van der Waals surface area contributed by atoms with E-state index >= 15 is 0 Å². The minimum absolute atomic E-state index is 0.253.